The largest absolute Gasteiger partial charge is 0.480 e. The number of nitrogens with one attached hydrogen (secondary N) is 1. The Labute approximate surface area is 109 Å². The van der Waals surface area contributed by atoms with Crippen molar-refractivity contribution < 1.29 is 9.90 Å². The summed E-state index contributed by atoms with van der Waals surface area (Å²) in [7, 11) is 0. The molecule has 1 aliphatic rings. The zero-order valence-corrected chi connectivity index (χ0v) is 10.7. The van der Waals surface area contributed by atoms with Crippen LogP contribution in [-0.2, 0) is 4.79 Å². The second-order valence-corrected chi connectivity index (χ2v) is 5.35. The molecule has 0 aromatic carbocycles. The molecule has 0 spiro atoms. The van der Waals surface area contributed by atoms with Crippen molar-refractivity contribution in [3.63, 3.8) is 0 Å². The number of halogens is 1. The average Bonchev–Trinajstić information content (AvgIpc) is 3.09. The van der Waals surface area contributed by atoms with Gasteiger partial charge in [-0.05, 0) is 25.0 Å². The third kappa shape index (κ3) is 3.87. The van der Waals surface area contributed by atoms with Gasteiger partial charge in [-0.15, -0.1) is 11.8 Å². The Hall–Kier alpha value is -0.780. The lowest BCUT2D eigenvalue weighted by Gasteiger charge is -2.13. The minimum absolute atomic E-state index is 0.371. The highest BCUT2D eigenvalue weighted by atomic mass is 35.5. The molecule has 1 fully saturated rings. The summed E-state index contributed by atoms with van der Waals surface area (Å²) in [5, 5.41) is 13.4. The highest BCUT2D eigenvalue weighted by molar-refractivity contribution is 7.99. The summed E-state index contributed by atoms with van der Waals surface area (Å²) in [6.07, 6.45) is 3.79. The molecule has 1 atom stereocenters. The molecule has 0 amide bonds. The number of pyridine rings is 1. The van der Waals surface area contributed by atoms with Crippen LogP contribution in [-0.4, -0.2) is 33.9 Å². The average molecular weight is 273 g/mol. The monoisotopic (exact) mass is 272 g/mol. The number of rotatable bonds is 6. The minimum atomic E-state index is -0.823. The molecule has 6 heteroatoms. The quantitative estimate of drug-likeness (QED) is 0.776. The number of nitrogens with zero attached hydrogens (tertiary/aromatic N) is 1. The van der Waals surface area contributed by atoms with E-state index in [2.05, 4.69) is 10.3 Å². The number of hydrogen-bond donors (Lipinski definition) is 2. The Morgan fingerprint density at radius 1 is 1.71 bits per heavy atom. The zero-order chi connectivity index (χ0) is 12.3. The molecule has 1 unspecified atom stereocenters. The summed E-state index contributed by atoms with van der Waals surface area (Å²) in [5.41, 5.74) is 0. The minimum Gasteiger partial charge on any atom is -0.480 e. The zero-order valence-electron chi connectivity index (χ0n) is 9.10. The lowest BCUT2D eigenvalue weighted by atomic mass is 10.3. The van der Waals surface area contributed by atoms with Crippen LogP contribution in [0, 0.1) is 0 Å². The molecule has 0 saturated heterocycles. The van der Waals surface area contributed by atoms with Gasteiger partial charge < -0.3 is 10.4 Å². The molecule has 0 aliphatic heterocycles. The van der Waals surface area contributed by atoms with Gasteiger partial charge in [0.1, 0.15) is 11.1 Å². The number of carboxylic acid groups (broad SMARTS) is 1. The van der Waals surface area contributed by atoms with Crippen molar-refractivity contribution in [2.24, 2.45) is 0 Å². The first-order valence-electron chi connectivity index (χ1n) is 5.39. The summed E-state index contributed by atoms with van der Waals surface area (Å²) >= 11 is 7.32. The third-order valence-corrected chi connectivity index (χ3v) is 3.94. The van der Waals surface area contributed by atoms with Crippen LogP contribution in [0.5, 0.6) is 0 Å². The smallest absolute Gasteiger partial charge is 0.321 e. The van der Waals surface area contributed by atoms with Crippen molar-refractivity contribution in [2.75, 3.05) is 5.75 Å². The van der Waals surface area contributed by atoms with Crippen molar-refractivity contribution in [3.8, 4) is 0 Å². The number of aliphatic carboxylic acids is 1. The van der Waals surface area contributed by atoms with Crippen LogP contribution in [0.4, 0.5) is 0 Å². The van der Waals surface area contributed by atoms with Gasteiger partial charge in [-0.3, -0.25) is 4.79 Å². The van der Waals surface area contributed by atoms with Crippen LogP contribution in [0.15, 0.2) is 23.4 Å². The van der Waals surface area contributed by atoms with E-state index in [9.17, 15) is 4.79 Å². The highest BCUT2D eigenvalue weighted by Gasteiger charge is 2.28. The Kier molecular flexibility index (Phi) is 4.25. The maximum Gasteiger partial charge on any atom is 0.321 e. The Bertz CT molecular complexity index is 412. The summed E-state index contributed by atoms with van der Waals surface area (Å²) in [4.78, 5) is 15.2. The van der Waals surface area contributed by atoms with Gasteiger partial charge >= 0.3 is 5.97 Å². The number of thioether (sulfide) groups is 1. The maximum absolute atomic E-state index is 11.0. The predicted molar refractivity (Wildman–Crippen MR) is 67.6 cm³/mol. The summed E-state index contributed by atoms with van der Waals surface area (Å²) < 4.78 is 0. The van der Waals surface area contributed by atoms with Gasteiger partial charge in [0.2, 0.25) is 0 Å². The molecule has 1 saturated carbocycles. The molecular formula is C11H13ClN2O2S. The van der Waals surface area contributed by atoms with Crippen molar-refractivity contribution in [1.29, 1.82) is 0 Å². The first-order chi connectivity index (χ1) is 8.16. The molecule has 2 N–H and O–H groups in total. The van der Waals surface area contributed by atoms with Crippen LogP contribution in [0.25, 0.3) is 0 Å². The molecule has 4 nitrogen and oxygen atoms in total. The fraction of sp³-hybridized carbons (Fsp3) is 0.455. The van der Waals surface area contributed by atoms with E-state index in [4.69, 9.17) is 16.7 Å². The molecule has 1 aromatic heterocycles. The van der Waals surface area contributed by atoms with E-state index < -0.39 is 12.0 Å². The van der Waals surface area contributed by atoms with Gasteiger partial charge in [-0.25, -0.2) is 4.98 Å². The lowest BCUT2D eigenvalue weighted by molar-refractivity contribution is -0.138. The molecule has 2 rings (SSSR count). The second kappa shape index (κ2) is 5.71. The van der Waals surface area contributed by atoms with Crippen LogP contribution in [0.3, 0.4) is 0 Å². The van der Waals surface area contributed by atoms with E-state index in [1.165, 1.54) is 11.8 Å². The summed E-state index contributed by atoms with van der Waals surface area (Å²) in [6, 6.07) is 3.34. The first-order valence-corrected chi connectivity index (χ1v) is 6.75. The van der Waals surface area contributed by atoms with Gasteiger partial charge in [0.15, 0.2) is 0 Å². The standard InChI is InChI=1S/C11H13ClN2O2S/c12-8-2-1-5-13-10(8)17-6-9(11(15)16)14-7-3-4-7/h1-2,5,7,9,14H,3-4,6H2,(H,15,16). The van der Waals surface area contributed by atoms with Gasteiger partial charge in [0.25, 0.3) is 0 Å². The molecule has 1 heterocycles. The third-order valence-electron chi connectivity index (χ3n) is 2.42. The van der Waals surface area contributed by atoms with E-state index in [1.54, 1.807) is 18.3 Å². The van der Waals surface area contributed by atoms with Gasteiger partial charge in [-0.2, -0.15) is 0 Å². The summed E-state index contributed by atoms with van der Waals surface area (Å²) in [5.74, 6) is -0.390. The van der Waals surface area contributed by atoms with Crippen molar-refractivity contribution in [2.45, 2.75) is 30.0 Å². The Morgan fingerprint density at radius 2 is 2.47 bits per heavy atom. The lowest BCUT2D eigenvalue weighted by Crippen LogP contribution is -2.40. The van der Waals surface area contributed by atoms with E-state index >= 15 is 0 Å². The second-order valence-electron chi connectivity index (χ2n) is 3.93. The maximum atomic E-state index is 11.0. The molecule has 1 aromatic rings. The summed E-state index contributed by atoms with van der Waals surface area (Å²) in [6.45, 7) is 0. The van der Waals surface area contributed by atoms with Crippen LogP contribution in [0.1, 0.15) is 12.8 Å². The van der Waals surface area contributed by atoms with Crippen molar-refractivity contribution in [1.82, 2.24) is 10.3 Å². The Morgan fingerprint density at radius 3 is 3.06 bits per heavy atom. The molecule has 92 valence electrons. The normalized spacial score (nSPS) is 16.8. The fourth-order valence-corrected chi connectivity index (χ4v) is 2.55. The molecule has 1 aliphatic carbocycles. The number of carboxylic acids is 1. The van der Waals surface area contributed by atoms with E-state index in [-0.39, 0.29) is 0 Å². The van der Waals surface area contributed by atoms with Crippen LogP contribution in [0.2, 0.25) is 5.02 Å². The van der Waals surface area contributed by atoms with Crippen LogP contribution >= 0.6 is 23.4 Å². The number of aromatic nitrogens is 1. The van der Waals surface area contributed by atoms with E-state index in [0.717, 1.165) is 12.8 Å². The van der Waals surface area contributed by atoms with Gasteiger partial charge in [0, 0.05) is 18.0 Å². The number of hydrogen-bond acceptors (Lipinski definition) is 4. The Balaban J connectivity index is 1.90. The molecule has 0 bridgehead atoms. The molecule has 0 radical (unpaired) electrons. The molecular weight excluding hydrogens is 260 g/mol. The van der Waals surface area contributed by atoms with Crippen LogP contribution < -0.4 is 5.32 Å². The number of carbonyl (C=O) groups is 1. The van der Waals surface area contributed by atoms with Gasteiger partial charge in [0.05, 0.1) is 5.02 Å². The van der Waals surface area contributed by atoms with Crippen molar-refractivity contribution in [3.05, 3.63) is 23.4 Å². The topological polar surface area (TPSA) is 62.2 Å². The SMILES string of the molecule is O=C(O)C(CSc1ncccc1Cl)NC1CC1. The van der Waals surface area contributed by atoms with E-state index in [1.807, 2.05) is 0 Å². The highest BCUT2D eigenvalue weighted by Crippen LogP contribution is 2.26. The fourth-order valence-electron chi connectivity index (χ4n) is 1.36. The van der Waals surface area contributed by atoms with Gasteiger partial charge in [-0.1, -0.05) is 11.6 Å². The van der Waals surface area contributed by atoms with E-state index in [0.29, 0.717) is 21.8 Å². The first kappa shape index (κ1) is 12.7. The predicted octanol–water partition coefficient (Wildman–Crippen LogP) is 2.03. The molecule has 17 heavy (non-hydrogen) atoms. The van der Waals surface area contributed by atoms with Crippen molar-refractivity contribution >= 4 is 29.3 Å².